The predicted molar refractivity (Wildman–Crippen MR) is 135 cm³/mol. The third-order valence-electron chi connectivity index (χ3n) is 6.07. The molecule has 0 aliphatic carbocycles. The van der Waals surface area contributed by atoms with Crippen LogP contribution in [-0.4, -0.2) is 41.6 Å². The van der Waals surface area contributed by atoms with Crippen molar-refractivity contribution in [2.45, 2.75) is 91.9 Å². The fraction of sp³-hybridized carbons (Fsp3) is 0.615. The van der Waals surface area contributed by atoms with Gasteiger partial charge < -0.3 is 22.1 Å². The highest BCUT2D eigenvalue weighted by atomic mass is 16.2. The van der Waals surface area contributed by atoms with Gasteiger partial charge in [-0.25, -0.2) is 0 Å². The van der Waals surface area contributed by atoms with E-state index < -0.39 is 17.7 Å². The molecule has 8 nitrogen and oxygen atoms in total. The SMILES string of the molecule is CCCCc1c(C(N)=O)c(C(N)=O)c(CCCC)c(C(=O)N(CCCC)CCCC)c1C(N)=O. The summed E-state index contributed by atoms with van der Waals surface area (Å²) in [5.74, 6) is -2.85. The van der Waals surface area contributed by atoms with Crippen molar-refractivity contribution >= 4 is 23.6 Å². The zero-order chi connectivity index (χ0) is 25.8. The van der Waals surface area contributed by atoms with Crippen molar-refractivity contribution in [3.05, 3.63) is 33.4 Å². The van der Waals surface area contributed by atoms with Crippen molar-refractivity contribution in [3.63, 3.8) is 0 Å². The first-order valence-electron chi connectivity index (χ1n) is 12.6. The summed E-state index contributed by atoms with van der Waals surface area (Å²) >= 11 is 0. The van der Waals surface area contributed by atoms with Crippen LogP contribution >= 0.6 is 0 Å². The van der Waals surface area contributed by atoms with Gasteiger partial charge in [-0.2, -0.15) is 0 Å². The highest BCUT2D eigenvalue weighted by molar-refractivity contribution is 6.16. The lowest BCUT2D eigenvalue weighted by atomic mass is 9.81. The topological polar surface area (TPSA) is 150 Å². The lowest BCUT2D eigenvalue weighted by molar-refractivity contribution is 0.0743. The molecule has 1 aromatic rings. The maximum Gasteiger partial charge on any atom is 0.254 e. The lowest BCUT2D eigenvalue weighted by Gasteiger charge is -2.28. The van der Waals surface area contributed by atoms with Gasteiger partial charge in [0.1, 0.15) is 0 Å². The second-order valence-corrected chi connectivity index (χ2v) is 8.76. The van der Waals surface area contributed by atoms with Crippen LogP contribution in [0.3, 0.4) is 0 Å². The Morgan fingerprint density at radius 3 is 1.21 bits per heavy atom. The summed E-state index contributed by atoms with van der Waals surface area (Å²) in [6.45, 7) is 9.06. The Bertz CT molecular complexity index is 888. The smallest absolute Gasteiger partial charge is 0.254 e. The molecule has 4 amide bonds. The van der Waals surface area contributed by atoms with Crippen LogP contribution in [-0.2, 0) is 12.8 Å². The molecule has 190 valence electrons. The van der Waals surface area contributed by atoms with Gasteiger partial charge in [-0.05, 0) is 49.7 Å². The maximum absolute atomic E-state index is 14.0. The number of hydrogen-bond acceptors (Lipinski definition) is 4. The number of hydrogen-bond donors (Lipinski definition) is 3. The Labute approximate surface area is 203 Å². The van der Waals surface area contributed by atoms with Gasteiger partial charge in [0.2, 0.25) is 17.7 Å². The van der Waals surface area contributed by atoms with Crippen LogP contribution in [0.1, 0.15) is 132 Å². The fourth-order valence-corrected chi connectivity index (χ4v) is 4.28. The van der Waals surface area contributed by atoms with E-state index in [4.69, 9.17) is 17.2 Å². The summed E-state index contributed by atoms with van der Waals surface area (Å²) in [7, 11) is 0. The summed E-state index contributed by atoms with van der Waals surface area (Å²) in [6, 6.07) is 0. The van der Waals surface area contributed by atoms with Gasteiger partial charge in [-0.1, -0.05) is 53.4 Å². The third-order valence-corrected chi connectivity index (χ3v) is 6.07. The molecule has 0 unspecified atom stereocenters. The Hall–Kier alpha value is -2.90. The Morgan fingerprint density at radius 1 is 0.559 bits per heavy atom. The van der Waals surface area contributed by atoms with E-state index in [0.29, 0.717) is 37.9 Å². The fourth-order valence-electron chi connectivity index (χ4n) is 4.28. The van der Waals surface area contributed by atoms with Crippen molar-refractivity contribution in [2.75, 3.05) is 13.1 Å². The van der Waals surface area contributed by atoms with Gasteiger partial charge in [-0.3, -0.25) is 19.2 Å². The minimum Gasteiger partial charge on any atom is -0.366 e. The zero-order valence-electron chi connectivity index (χ0n) is 21.3. The Kier molecular flexibility index (Phi) is 12.3. The number of unbranched alkanes of at least 4 members (excludes halogenated alkanes) is 4. The standard InChI is InChI=1S/C26H42N4O4/c1-5-9-13-17-19(23(27)31)20(24(28)32)18(14-10-6-2)22(21(17)25(29)33)26(34)30(15-11-7-3)16-12-8-4/h5-16H2,1-4H3,(H2,27,31)(H2,28,32)(H2,29,33). The lowest BCUT2D eigenvalue weighted by Crippen LogP contribution is -2.38. The minimum atomic E-state index is -0.854. The van der Waals surface area contributed by atoms with E-state index in [1.807, 2.05) is 27.7 Å². The number of primary amides is 3. The number of carbonyl (C=O) groups is 4. The Morgan fingerprint density at radius 2 is 0.882 bits per heavy atom. The third kappa shape index (κ3) is 7.05. The van der Waals surface area contributed by atoms with Gasteiger partial charge in [0.25, 0.3) is 5.91 Å². The average molecular weight is 475 g/mol. The van der Waals surface area contributed by atoms with E-state index in [0.717, 1.165) is 38.5 Å². The number of benzene rings is 1. The normalized spacial score (nSPS) is 10.8. The molecule has 0 fully saturated rings. The highest BCUT2D eigenvalue weighted by Crippen LogP contribution is 2.32. The molecule has 0 bridgehead atoms. The molecule has 0 aliphatic rings. The monoisotopic (exact) mass is 474 g/mol. The second-order valence-electron chi connectivity index (χ2n) is 8.76. The molecule has 1 rings (SSSR count). The van der Waals surface area contributed by atoms with Crippen molar-refractivity contribution < 1.29 is 19.2 Å². The van der Waals surface area contributed by atoms with Crippen LogP contribution in [0.4, 0.5) is 0 Å². The molecule has 6 N–H and O–H groups in total. The summed E-state index contributed by atoms with van der Waals surface area (Å²) in [5.41, 5.74) is 17.9. The summed E-state index contributed by atoms with van der Waals surface area (Å²) in [4.78, 5) is 53.8. The molecular weight excluding hydrogens is 432 g/mol. The first-order chi connectivity index (χ1) is 16.2. The quantitative estimate of drug-likeness (QED) is 0.335. The average Bonchev–Trinajstić information content (AvgIpc) is 2.79. The molecule has 0 spiro atoms. The van der Waals surface area contributed by atoms with Gasteiger partial charge in [-0.15, -0.1) is 0 Å². The van der Waals surface area contributed by atoms with Crippen LogP contribution in [0.5, 0.6) is 0 Å². The first-order valence-corrected chi connectivity index (χ1v) is 12.6. The molecular formula is C26H42N4O4. The minimum absolute atomic E-state index is 0.00125. The first kappa shape index (κ1) is 29.1. The summed E-state index contributed by atoms with van der Waals surface area (Å²) in [5, 5.41) is 0. The van der Waals surface area contributed by atoms with Gasteiger partial charge in [0.05, 0.1) is 22.3 Å². The van der Waals surface area contributed by atoms with Crippen LogP contribution in [0.25, 0.3) is 0 Å². The van der Waals surface area contributed by atoms with E-state index in [1.165, 1.54) is 0 Å². The second kappa shape index (κ2) is 14.4. The highest BCUT2D eigenvalue weighted by Gasteiger charge is 2.34. The molecule has 0 aromatic heterocycles. The summed E-state index contributed by atoms with van der Waals surface area (Å²) < 4.78 is 0. The van der Waals surface area contributed by atoms with Crippen molar-refractivity contribution in [1.29, 1.82) is 0 Å². The van der Waals surface area contributed by atoms with E-state index in [9.17, 15) is 19.2 Å². The molecule has 1 aromatic carbocycles. The predicted octanol–water partition coefficient (Wildman–Crippen LogP) is 3.71. The number of nitrogens with two attached hydrogens (primary N) is 3. The van der Waals surface area contributed by atoms with E-state index >= 15 is 0 Å². The van der Waals surface area contributed by atoms with Crippen LogP contribution < -0.4 is 17.2 Å². The van der Waals surface area contributed by atoms with E-state index in [-0.39, 0.29) is 40.1 Å². The molecule has 8 heteroatoms. The molecule has 34 heavy (non-hydrogen) atoms. The Balaban J connectivity index is 4.12. The number of carbonyl (C=O) groups excluding carboxylic acids is 4. The van der Waals surface area contributed by atoms with Crippen molar-refractivity contribution in [2.24, 2.45) is 17.2 Å². The molecule has 0 saturated heterocycles. The van der Waals surface area contributed by atoms with Gasteiger partial charge in [0.15, 0.2) is 0 Å². The molecule has 0 heterocycles. The largest absolute Gasteiger partial charge is 0.366 e. The van der Waals surface area contributed by atoms with Crippen molar-refractivity contribution in [3.8, 4) is 0 Å². The van der Waals surface area contributed by atoms with Gasteiger partial charge in [0, 0.05) is 13.1 Å². The van der Waals surface area contributed by atoms with Crippen LogP contribution in [0, 0.1) is 0 Å². The molecule has 0 aliphatic heterocycles. The van der Waals surface area contributed by atoms with Crippen LogP contribution in [0.15, 0.2) is 0 Å². The van der Waals surface area contributed by atoms with Gasteiger partial charge >= 0.3 is 0 Å². The number of amides is 4. The maximum atomic E-state index is 14.0. The summed E-state index contributed by atoms with van der Waals surface area (Å²) in [6.07, 6.45) is 6.79. The number of nitrogens with zero attached hydrogens (tertiary/aromatic N) is 1. The zero-order valence-corrected chi connectivity index (χ0v) is 21.3. The molecule has 0 radical (unpaired) electrons. The number of rotatable bonds is 16. The van der Waals surface area contributed by atoms with Crippen LogP contribution in [0.2, 0.25) is 0 Å². The molecule has 0 saturated carbocycles. The van der Waals surface area contributed by atoms with Crippen molar-refractivity contribution in [1.82, 2.24) is 4.90 Å². The van der Waals surface area contributed by atoms with E-state index in [1.54, 1.807) is 4.90 Å². The molecule has 0 atom stereocenters. The van der Waals surface area contributed by atoms with E-state index in [2.05, 4.69) is 0 Å².